The van der Waals surface area contributed by atoms with Gasteiger partial charge in [-0.05, 0) is 54.6 Å². The van der Waals surface area contributed by atoms with Crippen molar-refractivity contribution in [3.05, 3.63) is 89.0 Å². The molecule has 154 valence electrons. The molecular formula is C20H13F3N2O4S. The highest BCUT2D eigenvalue weighted by molar-refractivity contribution is 7.92. The molecule has 0 atom stereocenters. The highest BCUT2D eigenvalue weighted by Crippen LogP contribution is 2.34. The molecule has 10 heteroatoms. The fourth-order valence-electron chi connectivity index (χ4n) is 2.94. The van der Waals surface area contributed by atoms with Gasteiger partial charge in [0, 0.05) is 23.8 Å². The van der Waals surface area contributed by atoms with Crippen LogP contribution < -0.4 is 10.3 Å². The number of sulfonamides is 1. The first kappa shape index (κ1) is 19.8. The average molecular weight is 434 g/mol. The van der Waals surface area contributed by atoms with E-state index in [9.17, 15) is 26.4 Å². The van der Waals surface area contributed by atoms with Gasteiger partial charge in [0.05, 0.1) is 21.8 Å². The second-order valence-electron chi connectivity index (χ2n) is 6.38. The molecule has 2 heterocycles. The monoisotopic (exact) mass is 434 g/mol. The van der Waals surface area contributed by atoms with Gasteiger partial charge >= 0.3 is 11.8 Å². The van der Waals surface area contributed by atoms with Gasteiger partial charge in [-0.1, -0.05) is 0 Å². The molecule has 0 radical (unpaired) electrons. The molecule has 1 N–H and O–H groups in total. The van der Waals surface area contributed by atoms with Gasteiger partial charge in [-0.15, -0.1) is 0 Å². The van der Waals surface area contributed by atoms with E-state index in [1.165, 1.54) is 34.9 Å². The SMILES string of the molecule is O=c1ccc2cc(S(=O)(=O)Nc3cc(C(F)(F)F)ccc3-n3cccc3)ccc2o1. The van der Waals surface area contributed by atoms with Gasteiger partial charge in [-0.3, -0.25) is 4.72 Å². The summed E-state index contributed by atoms with van der Waals surface area (Å²) < 4.78 is 74.1. The maximum atomic E-state index is 13.2. The molecule has 4 aromatic rings. The van der Waals surface area contributed by atoms with Crippen molar-refractivity contribution in [1.82, 2.24) is 4.57 Å². The number of fused-ring (bicyclic) bond motifs is 1. The Morgan fingerprint density at radius 2 is 1.67 bits per heavy atom. The lowest BCUT2D eigenvalue weighted by atomic mass is 10.1. The number of anilines is 1. The smallest absolute Gasteiger partial charge is 0.416 e. The van der Waals surface area contributed by atoms with Crippen LogP contribution in [0.15, 0.2) is 87.2 Å². The molecule has 0 spiro atoms. The lowest BCUT2D eigenvalue weighted by Gasteiger charge is -2.16. The summed E-state index contributed by atoms with van der Waals surface area (Å²) in [7, 11) is -4.24. The normalized spacial score (nSPS) is 12.2. The van der Waals surface area contributed by atoms with E-state index < -0.39 is 27.4 Å². The Hall–Kier alpha value is -3.53. The van der Waals surface area contributed by atoms with Crippen molar-refractivity contribution >= 4 is 26.7 Å². The molecule has 0 fully saturated rings. The molecule has 2 aromatic heterocycles. The van der Waals surface area contributed by atoms with E-state index >= 15 is 0 Å². The van der Waals surface area contributed by atoms with Crippen LogP contribution in [0.1, 0.15) is 5.56 Å². The largest absolute Gasteiger partial charge is 0.423 e. The first-order valence-electron chi connectivity index (χ1n) is 8.55. The fraction of sp³-hybridized carbons (Fsp3) is 0.0500. The quantitative estimate of drug-likeness (QED) is 0.483. The van der Waals surface area contributed by atoms with Crippen LogP contribution in [-0.2, 0) is 16.2 Å². The van der Waals surface area contributed by atoms with Crippen molar-refractivity contribution in [2.45, 2.75) is 11.1 Å². The second-order valence-corrected chi connectivity index (χ2v) is 8.06. The van der Waals surface area contributed by atoms with Gasteiger partial charge in [0.2, 0.25) is 0 Å². The number of alkyl halides is 3. The van der Waals surface area contributed by atoms with Crippen LogP contribution in [0.5, 0.6) is 0 Å². The van der Waals surface area contributed by atoms with Crippen molar-refractivity contribution < 1.29 is 26.0 Å². The third-order valence-corrected chi connectivity index (χ3v) is 5.72. The number of hydrogen-bond donors (Lipinski definition) is 1. The number of benzene rings is 2. The van der Waals surface area contributed by atoms with Crippen LogP contribution in [0.2, 0.25) is 0 Å². The minimum atomic E-state index is -4.64. The van der Waals surface area contributed by atoms with Gasteiger partial charge in [0.25, 0.3) is 10.0 Å². The molecule has 0 amide bonds. The summed E-state index contributed by atoms with van der Waals surface area (Å²) >= 11 is 0. The van der Waals surface area contributed by atoms with E-state index in [1.807, 2.05) is 0 Å². The van der Waals surface area contributed by atoms with Crippen LogP contribution in [-0.4, -0.2) is 13.0 Å². The highest BCUT2D eigenvalue weighted by atomic mass is 32.2. The lowest BCUT2D eigenvalue weighted by molar-refractivity contribution is -0.137. The van der Waals surface area contributed by atoms with Crippen LogP contribution in [0.25, 0.3) is 16.7 Å². The van der Waals surface area contributed by atoms with E-state index in [0.717, 1.165) is 18.2 Å². The molecule has 0 aliphatic carbocycles. The van der Waals surface area contributed by atoms with Crippen LogP contribution >= 0.6 is 0 Å². The number of halogens is 3. The molecule has 0 aliphatic rings. The van der Waals surface area contributed by atoms with E-state index in [1.54, 1.807) is 24.5 Å². The third kappa shape index (κ3) is 3.81. The van der Waals surface area contributed by atoms with Gasteiger partial charge in [0.1, 0.15) is 5.58 Å². The maximum absolute atomic E-state index is 13.2. The summed E-state index contributed by atoms with van der Waals surface area (Å²) in [4.78, 5) is 11.1. The summed E-state index contributed by atoms with van der Waals surface area (Å²) in [6.07, 6.45) is -1.48. The van der Waals surface area contributed by atoms with Crippen molar-refractivity contribution in [3.8, 4) is 5.69 Å². The topological polar surface area (TPSA) is 81.3 Å². The van der Waals surface area contributed by atoms with E-state index in [-0.39, 0.29) is 21.9 Å². The summed E-state index contributed by atoms with van der Waals surface area (Å²) in [5.41, 5.74) is -1.40. The predicted octanol–water partition coefficient (Wildman–Crippen LogP) is 4.40. The minimum Gasteiger partial charge on any atom is -0.423 e. The molecule has 2 aromatic carbocycles. The van der Waals surface area contributed by atoms with E-state index in [4.69, 9.17) is 4.42 Å². The van der Waals surface area contributed by atoms with Gasteiger partial charge in [-0.25, -0.2) is 13.2 Å². The molecule has 0 unspecified atom stereocenters. The van der Waals surface area contributed by atoms with E-state index in [2.05, 4.69) is 4.72 Å². The molecule has 0 bridgehead atoms. The summed E-state index contributed by atoms with van der Waals surface area (Å²) in [5, 5.41) is 0.354. The number of nitrogens with one attached hydrogen (secondary N) is 1. The lowest BCUT2D eigenvalue weighted by Crippen LogP contribution is -2.16. The summed E-state index contributed by atoms with van der Waals surface area (Å²) in [5.74, 6) is 0. The zero-order chi connectivity index (χ0) is 21.5. The van der Waals surface area contributed by atoms with Crippen molar-refractivity contribution in [2.24, 2.45) is 0 Å². The zero-order valence-corrected chi connectivity index (χ0v) is 15.9. The first-order valence-corrected chi connectivity index (χ1v) is 10.0. The highest BCUT2D eigenvalue weighted by Gasteiger charge is 2.31. The zero-order valence-electron chi connectivity index (χ0n) is 15.1. The van der Waals surface area contributed by atoms with Crippen molar-refractivity contribution in [1.29, 1.82) is 0 Å². The Morgan fingerprint density at radius 1 is 0.933 bits per heavy atom. The maximum Gasteiger partial charge on any atom is 0.416 e. The molecule has 0 aliphatic heterocycles. The van der Waals surface area contributed by atoms with Crippen molar-refractivity contribution in [2.75, 3.05) is 4.72 Å². The Bertz CT molecular complexity index is 1390. The van der Waals surface area contributed by atoms with Crippen molar-refractivity contribution in [3.63, 3.8) is 0 Å². The Kier molecular flexibility index (Phi) is 4.65. The summed E-state index contributed by atoms with van der Waals surface area (Å²) in [6, 6.07) is 12.5. The van der Waals surface area contributed by atoms with Crippen LogP contribution in [0.3, 0.4) is 0 Å². The number of nitrogens with zero attached hydrogens (tertiary/aromatic N) is 1. The molecule has 6 nitrogen and oxygen atoms in total. The Balaban J connectivity index is 1.80. The van der Waals surface area contributed by atoms with Gasteiger partial charge in [-0.2, -0.15) is 13.2 Å². The number of hydrogen-bond acceptors (Lipinski definition) is 4. The summed E-state index contributed by atoms with van der Waals surface area (Å²) in [6.45, 7) is 0. The van der Waals surface area contributed by atoms with Gasteiger partial charge < -0.3 is 8.98 Å². The first-order chi connectivity index (χ1) is 14.1. The van der Waals surface area contributed by atoms with Crippen LogP contribution in [0.4, 0.5) is 18.9 Å². The standard InChI is InChI=1S/C20H13F3N2O4S/c21-20(22,23)14-4-6-17(25-9-1-2-10-25)16(12-14)24-30(27,28)15-5-7-18-13(11-15)3-8-19(26)29-18/h1-12,24H. The van der Waals surface area contributed by atoms with Gasteiger partial charge in [0.15, 0.2) is 0 Å². The third-order valence-electron chi connectivity index (χ3n) is 4.35. The fourth-order valence-corrected chi connectivity index (χ4v) is 4.04. The Labute approximate surface area is 168 Å². The molecule has 30 heavy (non-hydrogen) atoms. The molecule has 0 saturated heterocycles. The average Bonchev–Trinajstić information content (AvgIpc) is 3.21. The predicted molar refractivity (Wildman–Crippen MR) is 104 cm³/mol. The number of rotatable bonds is 4. The van der Waals surface area contributed by atoms with E-state index in [0.29, 0.717) is 5.39 Å². The molecule has 0 saturated carbocycles. The molecular weight excluding hydrogens is 421 g/mol. The number of aromatic nitrogens is 1. The minimum absolute atomic E-state index is 0.188. The second kappa shape index (κ2) is 7.06. The Morgan fingerprint density at radius 3 is 2.37 bits per heavy atom. The molecule has 4 rings (SSSR count). The van der Waals surface area contributed by atoms with Crippen LogP contribution in [0, 0.1) is 0 Å².